The van der Waals surface area contributed by atoms with E-state index in [-0.39, 0.29) is 11.3 Å². The van der Waals surface area contributed by atoms with Gasteiger partial charge < -0.3 is 0 Å². The fraction of sp³-hybridized carbons (Fsp3) is 0.143. The predicted molar refractivity (Wildman–Crippen MR) is 82.2 cm³/mol. The van der Waals surface area contributed by atoms with Crippen LogP contribution in [0.1, 0.15) is 17.0 Å². The summed E-state index contributed by atoms with van der Waals surface area (Å²) in [5.41, 5.74) is 1.83. The Kier molecular flexibility index (Phi) is 3.67. The second-order valence-corrected chi connectivity index (χ2v) is 5.81. The maximum absolute atomic E-state index is 10.8. The third-order valence-corrected chi connectivity index (χ3v) is 4.03. The first-order valence-electron chi connectivity index (χ1n) is 6.55. The molecule has 0 spiro atoms. The third kappa shape index (κ3) is 2.84. The fourth-order valence-corrected chi connectivity index (χ4v) is 2.89. The maximum Gasteiger partial charge on any atom is 0.270 e. The molecule has 9 heteroatoms. The number of aromatic nitrogens is 4. The average molecular weight is 326 g/mol. The van der Waals surface area contributed by atoms with E-state index in [1.54, 1.807) is 4.52 Å². The molecule has 0 aliphatic heterocycles. The molecule has 0 amide bonds. The van der Waals surface area contributed by atoms with Crippen LogP contribution in [0.15, 0.2) is 34.3 Å². The van der Waals surface area contributed by atoms with Crippen LogP contribution in [-0.2, 0) is 0 Å². The van der Waals surface area contributed by atoms with Crippen molar-refractivity contribution < 1.29 is 4.92 Å². The maximum atomic E-state index is 10.8. The van der Waals surface area contributed by atoms with E-state index < -0.39 is 4.92 Å². The first-order valence-corrected chi connectivity index (χ1v) is 7.37. The van der Waals surface area contributed by atoms with Gasteiger partial charge in [-0.05, 0) is 37.7 Å². The smallest absolute Gasteiger partial charge is 0.258 e. The molecule has 0 saturated heterocycles. The van der Waals surface area contributed by atoms with Gasteiger partial charge in [0, 0.05) is 28.4 Å². The van der Waals surface area contributed by atoms with Gasteiger partial charge in [0.15, 0.2) is 0 Å². The van der Waals surface area contributed by atoms with Gasteiger partial charge in [-0.1, -0.05) is 0 Å². The van der Waals surface area contributed by atoms with E-state index in [0.29, 0.717) is 15.8 Å². The summed E-state index contributed by atoms with van der Waals surface area (Å²) >= 11 is 1.17. The topological polar surface area (TPSA) is 110 Å². The number of non-ortho nitro benzene ring substituents is 1. The van der Waals surface area contributed by atoms with E-state index in [2.05, 4.69) is 15.1 Å². The first-order chi connectivity index (χ1) is 11.0. The Hall–Kier alpha value is -2.99. The van der Waals surface area contributed by atoms with Gasteiger partial charge in [-0.25, -0.2) is 9.50 Å². The van der Waals surface area contributed by atoms with Crippen LogP contribution in [0.3, 0.4) is 0 Å². The number of nitriles is 1. The van der Waals surface area contributed by atoms with Crippen molar-refractivity contribution in [1.82, 2.24) is 19.6 Å². The van der Waals surface area contributed by atoms with E-state index in [0.717, 1.165) is 11.4 Å². The summed E-state index contributed by atoms with van der Waals surface area (Å²) in [7, 11) is 0. The van der Waals surface area contributed by atoms with Gasteiger partial charge in [0.1, 0.15) is 6.07 Å². The zero-order valence-electron chi connectivity index (χ0n) is 12.2. The van der Waals surface area contributed by atoms with Crippen LogP contribution in [0.2, 0.25) is 0 Å². The average Bonchev–Trinajstić information content (AvgIpc) is 2.90. The van der Waals surface area contributed by atoms with Gasteiger partial charge in [0.25, 0.3) is 11.5 Å². The molecule has 0 unspecified atom stereocenters. The van der Waals surface area contributed by atoms with Gasteiger partial charge in [-0.15, -0.1) is 5.10 Å². The van der Waals surface area contributed by atoms with Crippen molar-refractivity contribution in [3.8, 4) is 6.07 Å². The predicted octanol–water partition coefficient (Wildman–Crippen LogP) is 2.67. The lowest BCUT2D eigenvalue weighted by Crippen LogP contribution is -1.97. The molecule has 2 aromatic heterocycles. The monoisotopic (exact) mass is 326 g/mol. The Morgan fingerprint density at radius 2 is 2.09 bits per heavy atom. The molecule has 1 aromatic carbocycles. The number of nitro groups is 1. The van der Waals surface area contributed by atoms with Crippen LogP contribution in [0, 0.1) is 35.3 Å². The highest BCUT2D eigenvalue weighted by atomic mass is 32.2. The van der Waals surface area contributed by atoms with E-state index in [1.165, 1.54) is 30.0 Å². The number of rotatable bonds is 3. The lowest BCUT2D eigenvalue weighted by atomic mass is 10.2. The zero-order chi connectivity index (χ0) is 16.6. The summed E-state index contributed by atoms with van der Waals surface area (Å²) in [5.74, 6) is 0.477. The van der Waals surface area contributed by atoms with Crippen molar-refractivity contribution in [3.05, 3.63) is 51.3 Å². The minimum atomic E-state index is -0.533. The number of benzene rings is 1. The zero-order valence-corrected chi connectivity index (χ0v) is 13.0. The van der Waals surface area contributed by atoms with Gasteiger partial charge in [-0.3, -0.25) is 10.1 Å². The molecule has 8 nitrogen and oxygen atoms in total. The lowest BCUT2D eigenvalue weighted by molar-refractivity contribution is -0.384. The van der Waals surface area contributed by atoms with E-state index >= 15 is 0 Å². The molecule has 23 heavy (non-hydrogen) atoms. The van der Waals surface area contributed by atoms with Crippen molar-refractivity contribution in [2.75, 3.05) is 0 Å². The summed E-state index contributed by atoms with van der Waals surface area (Å²) in [6, 6.07) is 7.98. The van der Waals surface area contributed by atoms with Crippen molar-refractivity contribution in [2.45, 2.75) is 23.9 Å². The molecule has 0 aliphatic rings. The molecule has 0 N–H and O–H groups in total. The molecule has 2 heterocycles. The Balaban J connectivity index is 2.01. The Labute approximate surface area is 134 Å². The quantitative estimate of drug-likeness (QED) is 0.537. The normalized spacial score (nSPS) is 10.7. The second-order valence-electron chi connectivity index (χ2n) is 4.80. The number of fused-ring (bicyclic) bond motifs is 1. The standard InChI is InChI=1S/C14H10N6O2S/c1-8-5-9(2)19-13(16-8)17-14(18-19)23-12-4-3-11(20(21)22)6-10(12)7-15/h3-6H,1-2H3. The molecule has 114 valence electrons. The summed E-state index contributed by atoms with van der Waals surface area (Å²) in [6.07, 6.45) is 0. The Morgan fingerprint density at radius 1 is 1.30 bits per heavy atom. The molecular weight excluding hydrogens is 316 g/mol. The first kappa shape index (κ1) is 14.9. The largest absolute Gasteiger partial charge is 0.270 e. The molecule has 0 bridgehead atoms. The number of hydrogen-bond donors (Lipinski definition) is 0. The highest BCUT2D eigenvalue weighted by Gasteiger charge is 2.15. The molecule has 3 aromatic rings. The van der Waals surface area contributed by atoms with Crippen LogP contribution < -0.4 is 0 Å². The molecule has 0 fully saturated rings. The molecule has 3 rings (SSSR count). The van der Waals surface area contributed by atoms with Crippen molar-refractivity contribution in [2.24, 2.45) is 0 Å². The van der Waals surface area contributed by atoms with Crippen LogP contribution in [0.5, 0.6) is 0 Å². The van der Waals surface area contributed by atoms with Gasteiger partial charge in [0.2, 0.25) is 5.16 Å². The number of nitrogens with zero attached hydrogens (tertiary/aromatic N) is 6. The molecule has 0 saturated carbocycles. The van der Waals surface area contributed by atoms with Crippen molar-refractivity contribution in [3.63, 3.8) is 0 Å². The summed E-state index contributed by atoms with van der Waals surface area (Å²) in [6.45, 7) is 3.77. The highest BCUT2D eigenvalue weighted by molar-refractivity contribution is 7.99. The van der Waals surface area contributed by atoms with Crippen LogP contribution >= 0.6 is 11.8 Å². The van der Waals surface area contributed by atoms with Gasteiger partial charge in [0.05, 0.1) is 10.5 Å². The summed E-state index contributed by atoms with van der Waals surface area (Å²) in [5, 5.41) is 24.7. The molecule has 0 atom stereocenters. The van der Waals surface area contributed by atoms with Gasteiger partial charge in [-0.2, -0.15) is 10.2 Å². The van der Waals surface area contributed by atoms with Crippen LogP contribution in [-0.4, -0.2) is 24.5 Å². The van der Waals surface area contributed by atoms with Gasteiger partial charge >= 0.3 is 0 Å². The van der Waals surface area contributed by atoms with Crippen LogP contribution in [0.25, 0.3) is 5.78 Å². The third-order valence-electron chi connectivity index (χ3n) is 3.09. The number of hydrogen-bond acceptors (Lipinski definition) is 7. The van der Waals surface area contributed by atoms with E-state index in [9.17, 15) is 15.4 Å². The van der Waals surface area contributed by atoms with Crippen LogP contribution in [0.4, 0.5) is 5.69 Å². The SMILES string of the molecule is Cc1cc(C)n2nc(Sc3ccc([N+](=O)[O-])cc3C#N)nc2n1. The number of nitro benzene ring substituents is 1. The Morgan fingerprint density at radius 3 is 2.78 bits per heavy atom. The Bertz CT molecular complexity index is 975. The molecule has 0 aliphatic carbocycles. The fourth-order valence-electron chi connectivity index (χ4n) is 2.10. The highest BCUT2D eigenvalue weighted by Crippen LogP contribution is 2.30. The summed E-state index contributed by atoms with van der Waals surface area (Å²) in [4.78, 5) is 19.4. The van der Waals surface area contributed by atoms with Crippen molar-refractivity contribution >= 4 is 23.2 Å². The van der Waals surface area contributed by atoms with Crippen molar-refractivity contribution in [1.29, 1.82) is 5.26 Å². The minimum Gasteiger partial charge on any atom is -0.258 e. The van der Waals surface area contributed by atoms with E-state index in [1.807, 2.05) is 26.0 Å². The summed E-state index contributed by atoms with van der Waals surface area (Å²) < 4.78 is 1.62. The second kappa shape index (κ2) is 5.66. The molecule has 0 radical (unpaired) electrons. The lowest BCUT2D eigenvalue weighted by Gasteiger charge is -2.00. The number of aryl methyl sites for hydroxylation is 2. The molecular formula is C14H10N6O2S. The minimum absolute atomic E-state index is 0.123. The van der Waals surface area contributed by atoms with E-state index in [4.69, 9.17) is 0 Å².